The molecule has 0 aliphatic carbocycles. The molecule has 0 amide bonds. The first-order valence-corrected chi connectivity index (χ1v) is 6.84. The summed E-state index contributed by atoms with van der Waals surface area (Å²) < 4.78 is 5.12. The van der Waals surface area contributed by atoms with Crippen molar-refractivity contribution in [2.45, 2.75) is 46.5 Å². The zero-order valence-electron chi connectivity index (χ0n) is 12.4. The number of rotatable bonds is 10. The molecule has 3 heteroatoms. The van der Waals surface area contributed by atoms with Crippen molar-refractivity contribution in [2.75, 3.05) is 6.61 Å². The molecule has 0 radical (unpaired) electrons. The monoisotopic (exact) mass is 266 g/mol. The molecular weight excluding hydrogens is 240 g/mol. The van der Waals surface area contributed by atoms with Gasteiger partial charge in [0.25, 0.3) is 0 Å². The highest BCUT2D eigenvalue weighted by molar-refractivity contribution is 5.74. The molecule has 0 aromatic rings. The molecule has 0 saturated heterocycles. The minimum Gasteiger partial charge on any atom is -0.466 e. The molecule has 0 bridgehead atoms. The summed E-state index contributed by atoms with van der Waals surface area (Å²) >= 11 is 0. The molecule has 0 aromatic carbocycles. The third kappa shape index (κ3) is 6.94. The van der Waals surface area contributed by atoms with Crippen molar-refractivity contribution in [2.24, 2.45) is 11.8 Å². The molecule has 0 aliphatic heterocycles. The van der Waals surface area contributed by atoms with Gasteiger partial charge in [-0.25, -0.2) is 0 Å². The number of ether oxygens (including phenoxy) is 1. The Morgan fingerprint density at radius 3 is 2.32 bits per heavy atom. The summed E-state index contributed by atoms with van der Waals surface area (Å²) in [5.74, 6) is -0.622. The molecule has 19 heavy (non-hydrogen) atoms. The lowest BCUT2D eigenvalue weighted by Crippen LogP contribution is -2.27. The first kappa shape index (κ1) is 17.6. The molecule has 0 saturated carbocycles. The van der Waals surface area contributed by atoms with Crippen LogP contribution in [0.25, 0.3) is 0 Å². The van der Waals surface area contributed by atoms with Gasteiger partial charge in [-0.3, -0.25) is 4.79 Å². The van der Waals surface area contributed by atoms with E-state index in [1.54, 1.807) is 6.92 Å². The van der Waals surface area contributed by atoms with E-state index in [9.17, 15) is 9.59 Å². The zero-order valence-corrected chi connectivity index (χ0v) is 12.4. The van der Waals surface area contributed by atoms with E-state index in [2.05, 4.69) is 13.2 Å². The molecule has 0 N–H and O–H groups in total. The van der Waals surface area contributed by atoms with Crippen molar-refractivity contribution < 1.29 is 14.3 Å². The van der Waals surface area contributed by atoms with E-state index >= 15 is 0 Å². The normalized spacial score (nSPS) is 13.4. The maximum atomic E-state index is 12.0. The predicted molar refractivity (Wildman–Crippen MR) is 77.8 cm³/mol. The Hall–Kier alpha value is -1.38. The van der Waals surface area contributed by atoms with Crippen molar-refractivity contribution in [3.05, 3.63) is 24.3 Å². The number of carbonyl (C=O) groups is 2. The summed E-state index contributed by atoms with van der Waals surface area (Å²) in [7, 11) is 0. The molecule has 0 heterocycles. The van der Waals surface area contributed by atoms with Crippen LogP contribution < -0.4 is 0 Å². The van der Waals surface area contributed by atoms with E-state index in [0.717, 1.165) is 30.3 Å². The molecule has 0 rings (SSSR count). The van der Waals surface area contributed by atoms with Crippen molar-refractivity contribution in [1.29, 1.82) is 0 Å². The van der Waals surface area contributed by atoms with Crippen LogP contribution in [0.1, 0.15) is 46.5 Å². The van der Waals surface area contributed by atoms with E-state index in [1.165, 1.54) is 0 Å². The third-order valence-electron chi connectivity index (χ3n) is 3.18. The molecule has 108 valence electrons. The highest BCUT2D eigenvalue weighted by atomic mass is 16.5. The number of hydrogen-bond donors (Lipinski definition) is 0. The lowest BCUT2D eigenvalue weighted by atomic mass is 9.81. The number of carbonyl (C=O) groups excluding carboxylic acids is 2. The van der Waals surface area contributed by atoms with Gasteiger partial charge in [0.15, 0.2) is 0 Å². The lowest BCUT2D eigenvalue weighted by molar-refractivity contribution is -0.150. The van der Waals surface area contributed by atoms with Crippen LogP contribution in [-0.4, -0.2) is 18.9 Å². The highest BCUT2D eigenvalue weighted by Gasteiger charge is 2.29. The quantitative estimate of drug-likeness (QED) is 0.344. The second-order valence-corrected chi connectivity index (χ2v) is 5.06. The lowest BCUT2D eigenvalue weighted by Gasteiger charge is -2.24. The van der Waals surface area contributed by atoms with Gasteiger partial charge in [0, 0.05) is 6.42 Å². The minimum atomic E-state index is -0.276. The maximum Gasteiger partial charge on any atom is 0.309 e. The first-order valence-electron chi connectivity index (χ1n) is 6.84. The van der Waals surface area contributed by atoms with Crippen LogP contribution in [0.5, 0.6) is 0 Å². The second-order valence-electron chi connectivity index (χ2n) is 5.06. The summed E-state index contributed by atoms with van der Waals surface area (Å²) in [6.45, 7) is 13.7. The van der Waals surface area contributed by atoms with Crippen molar-refractivity contribution in [1.82, 2.24) is 0 Å². The Bertz CT molecular complexity index is 331. The molecule has 0 fully saturated rings. The number of allylic oxidation sites excluding steroid dienone is 2. The van der Waals surface area contributed by atoms with Crippen molar-refractivity contribution in [3.63, 3.8) is 0 Å². The van der Waals surface area contributed by atoms with Crippen LogP contribution in [0.3, 0.4) is 0 Å². The fourth-order valence-corrected chi connectivity index (χ4v) is 2.17. The fraction of sp³-hybridized carbons (Fsp3) is 0.625. The summed E-state index contributed by atoms with van der Waals surface area (Å²) in [4.78, 5) is 22.8. The first-order chi connectivity index (χ1) is 8.93. The van der Waals surface area contributed by atoms with Crippen molar-refractivity contribution >= 4 is 12.3 Å². The summed E-state index contributed by atoms with van der Waals surface area (Å²) in [5.41, 5.74) is 1.96. The van der Waals surface area contributed by atoms with Crippen molar-refractivity contribution in [3.8, 4) is 0 Å². The molecule has 0 aromatic heterocycles. The average Bonchev–Trinajstić information content (AvgIpc) is 2.32. The van der Waals surface area contributed by atoms with Gasteiger partial charge >= 0.3 is 5.97 Å². The van der Waals surface area contributed by atoms with Gasteiger partial charge < -0.3 is 9.53 Å². The SMILES string of the molecule is C=C(C)CCCC(C(=O)OCC)C(CC=O)C(=C)C. The van der Waals surface area contributed by atoms with Gasteiger partial charge in [0.2, 0.25) is 0 Å². The molecule has 0 aliphatic rings. The van der Waals surface area contributed by atoms with Gasteiger partial charge in [0.05, 0.1) is 12.5 Å². The zero-order chi connectivity index (χ0) is 14.8. The van der Waals surface area contributed by atoms with Gasteiger partial charge in [0.1, 0.15) is 6.29 Å². The second kappa shape index (κ2) is 9.54. The van der Waals surface area contributed by atoms with Gasteiger partial charge in [-0.2, -0.15) is 0 Å². The average molecular weight is 266 g/mol. The van der Waals surface area contributed by atoms with Gasteiger partial charge in [-0.05, 0) is 46.0 Å². The van der Waals surface area contributed by atoms with Gasteiger partial charge in [-0.1, -0.05) is 17.7 Å². The molecule has 2 unspecified atom stereocenters. The van der Waals surface area contributed by atoms with Crippen LogP contribution in [0.2, 0.25) is 0 Å². The van der Waals surface area contributed by atoms with E-state index in [4.69, 9.17) is 4.74 Å². The van der Waals surface area contributed by atoms with Crippen LogP contribution in [0.4, 0.5) is 0 Å². The number of hydrogen-bond acceptors (Lipinski definition) is 3. The predicted octanol–water partition coefficient (Wildman–Crippen LogP) is 3.69. The smallest absolute Gasteiger partial charge is 0.309 e. The van der Waals surface area contributed by atoms with E-state index < -0.39 is 0 Å². The number of esters is 1. The van der Waals surface area contributed by atoms with Crippen LogP contribution in [0.15, 0.2) is 24.3 Å². The topological polar surface area (TPSA) is 43.4 Å². The minimum absolute atomic E-state index is 0.123. The Morgan fingerprint density at radius 1 is 1.26 bits per heavy atom. The summed E-state index contributed by atoms with van der Waals surface area (Å²) in [5, 5.41) is 0. The van der Waals surface area contributed by atoms with Crippen LogP contribution in [0, 0.1) is 11.8 Å². The molecule has 3 nitrogen and oxygen atoms in total. The Balaban J connectivity index is 4.79. The Labute approximate surface area is 116 Å². The summed E-state index contributed by atoms with van der Waals surface area (Å²) in [6.07, 6.45) is 3.65. The molecular formula is C16H26O3. The molecule has 2 atom stereocenters. The standard InChI is InChI=1S/C16H26O3/c1-6-19-16(18)15(9-7-8-12(2)3)14(10-11-17)13(4)5/h11,14-15H,2,4,6-10H2,1,3,5H3. The van der Waals surface area contributed by atoms with Crippen LogP contribution in [-0.2, 0) is 14.3 Å². The third-order valence-corrected chi connectivity index (χ3v) is 3.18. The Morgan fingerprint density at radius 2 is 1.89 bits per heavy atom. The summed E-state index contributed by atoms with van der Waals surface area (Å²) in [6, 6.07) is 0. The highest BCUT2D eigenvalue weighted by Crippen LogP contribution is 2.28. The number of aldehydes is 1. The largest absolute Gasteiger partial charge is 0.466 e. The fourth-order valence-electron chi connectivity index (χ4n) is 2.17. The van der Waals surface area contributed by atoms with E-state index in [-0.39, 0.29) is 17.8 Å². The van der Waals surface area contributed by atoms with Crippen LogP contribution >= 0.6 is 0 Å². The maximum absolute atomic E-state index is 12.0. The van der Waals surface area contributed by atoms with E-state index in [0.29, 0.717) is 19.4 Å². The van der Waals surface area contributed by atoms with E-state index in [1.807, 2.05) is 13.8 Å². The Kier molecular flexibility index (Phi) is 8.84. The van der Waals surface area contributed by atoms with Gasteiger partial charge in [-0.15, -0.1) is 6.58 Å². The molecule has 0 spiro atoms.